The molecular formula is C16H12F2N2O2S2. The van der Waals surface area contributed by atoms with Crippen molar-refractivity contribution in [2.75, 3.05) is 0 Å². The van der Waals surface area contributed by atoms with Crippen LogP contribution in [0.25, 0.3) is 10.6 Å². The molecule has 0 radical (unpaired) electrons. The number of hydrogen-bond acceptors (Lipinski definition) is 5. The monoisotopic (exact) mass is 366 g/mol. The fourth-order valence-electron chi connectivity index (χ4n) is 2.27. The van der Waals surface area contributed by atoms with Gasteiger partial charge in [0.25, 0.3) is 0 Å². The molecule has 4 nitrogen and oxygen atoms in total. The number of Topliss-reactive ketones (excluding diaryl/α,β-unsaturated/α-hetero) is 1. The van der Waals surface area contributed by atoms with Crippen molar-refractivity contribution in [2.24, 2.45) is 0 Å². The molecule has 0 atom stereocenters. The molecule has 1 N–H and O–H groups in total. The molecule has 0 spiro atoms. The molecule has 2 aromatic heterocycles. The molecule has 3 aromatic rings. The number of H-pyrrole nitrogens is 1. The van der Waals surface area contributed by atoms with Crippen molar-refractivity contribution < 1.29 is 13.6 Å². The van der Waals surface area contributed by atoms with Crippen LogP contribution in [0.1, 0.15) is 16.3 Å². The molecule has 0 bridgehead atoms. The highest BCUT2D eigenvalue weighted by molar-refractivity contribution is 7.14. The molecule has 124 valence electrons. The van der Waals surface area contributed by atoms with E-state index in [4.69, 9.17) is 0 Å². The van der Waals surface area contributed by atoms with Crippen molar-refractivity contribution in [3.63, 3.8) is 0 Å². The van der Waals surface area contributed by atoms with Gasteiger partial charge in [-0.2, -0.15) is 0 Å². The maximum Gasteiger partial charge on any atom is 0.305 e. The minimum absolute atomic E-state index is 0.00316. The third-order valence-corrected chi connectivity index (χ3v) is 5.25. The molecule has 0 aliphatic carbocycles. The van der Waals surface area contributed by atoms with Crippen molar-refractivity contribution in [3.8, 4) is 10.6 Å². The van der Waals surface area contributed by atoms with E-state index in [1.807, 2.05) is 0 Å². The van der Waals surface area contributed by atoms with Crippen LogP contribution < -0.4 is 4.87 Å². The van der Waals surface area contributed by atoms with E-state index in [1.165, 1.54) is 17.4 Å². The zero-order chi connectivity index (χ0) is 17.3. The quantitative estimate of drug-likeness (QED) is 0.752. The summed E-state index contributed by atoms with van der Waals surface area (Å²) in [7, 11) is 0. The number of nitrogens with zero attached hydrogens (tertiary/aromatic N) is 1. The molecular weight excluding hydrogens is 354 g/mol. The van der Waals surface area contributed by atoms with Crippen LogP contribution in [-0.4, -0.2) is 15.8 Å². The second-order valence-corrected chi connectivity index (χ2v) is 7.11. The number of nitrogens with one attached hydrogen (secondary N) is 1. The van der Waals surface area contributed by atoms with Crippen LogP contribution in [0.15, 0.2) is 28.4 Å². The van der Waals surface area contributed by atoms with Gasteiger partial charge in [0.1, 0.15) is 22.4 Å². The van der Waals surface area contributed by atoms with Gasteiger partial charge in [0, 0.05) is 23.1 Å². The van der Waals surface area contributed by atoms with Crippen molar-refractivity contribution in [3.05, 3.63) is 61.1 Å². The molecule has 0 aliphatic rings. The van der Waals surface area contributed by atoms with E-state index in [0.717, 1.165) is 34.0 Å². The van der Waals surface area contributed by atoms with Gasteiger partial charge in [-0.05, 0) is 19.1 Å². The summed E-state index contributed by atoms with van der Waals surface area (Å²) >= 11 is 2.34. The van der Waals surface area contributed by atoms with Gasteiger partial charge in [-0.3, -0.25) is 9.59 Å². The lowest BCUT2D eigenvalue weighted by Gasteiger charge is -2.03. The number of aryl methyl sites for hydroxylation is 1. The number of benzene rings is 1. The number of aromatic nitrogens is 2. The summed E-state index contributed by atoms with van der Waals surface area (Å²) in [5.74, 6) is -1.77. The summed E-state index contributed by atoms with van der Waals surface area (Å²) in [5, 5.41) is 2.31. The van der Waals surface area contributed by atoms with E-state index in [1.54, 1.807) is 12.3 Å². The third-order valence-electron chi connectivity index (χ3n) is 3.39. The van der Waals surface area contributed by atoms with Crippen LogP contribution >= 0.6 is 22.7 Å². The predicted molar refractivity (Wildman–Crippen MR) is 89.6 cm³/mol. The lowest BCUT2D eigenvalue weighted by molar-refractivity contribution is -0.117. The Labute approximate surface area is 143 Å². The van der Waals surface area contributed by atoms with Gasteiger partial charge in [-0.1, -0.05) is 17.4 Å². The Morgan fingerprint density at radius 1 is 1.25 bits per heavy atom. The van der Waals surface area contributed by atoms with Gasteiger partial charge >= 0.3 is 4.87 Å². The van der Waals surface area contributed by atoms with Crippen LogP contribution in [0.3, 0.4) is 0 Å². The minimum atomic E-state index is -0.726. The highest BCUT2D eigenvalue weighted by Gasteiger charge is 2.16. The van der Waals surface area contributed by atoms with Gasteiger partial charge in [0.15, 0.2) is 0 Å². The van der Waals surface area contributed by atoms with Gasteiger partial charge in [-0.25, -0.2) is 13.8 Å². The summed E-state index contributed by atoms with van der Waals surface area (Å²) in [6.45, 7) is 1.78. The van der Waals surface area contributed by atoms with Crippen LogP contribution in [0.4, 0.5) is 8.78 Å². The van der Waals surface area contributed by atoms with Gasteiger partial charge < -0.3 is 4.98 Å². The zero-order valence-electron chi connectivity index (χ0n) is 12.6. The maximum atomic E-state index is 13.6. The SMILES string of the molecule is Cc1[nH]c(=O)sc1-c1csc(CC(=O)Cc2c(F)cccc2F)n1. The first-order valence-electron chi connectivity index (χ1n) is 7.03. The number of rotatable bonds is 5. The summed E-state index contributed by atoms with van der Waals surface area (Å²) in [4.78, 5) is 31.0. The van der Waals surface area contributed by atoms with Crippen molar-refractivity contribution in [2.45, 2.75) is 19.8 Å². The lowest BCUT2D eigenvalue weighted by Crippen LogP contribution is -2.09. The fraction of sp³-hybridized carbons (Fsp3) is 0.188. The van der Waals surface area contributed by atoms with Gasteiger partial charge in [-0.15, -0.1) is 11.3 Å². The Hall–Kier alpha value is -2.19. The molecule has 0 amide bonds. The average molecular weight is 366 g/mol. The summed E-state index contributed by atoms with van der Waals surface area (Å²) in [5.41, 5.74) is 1.13. The van der Waals surface area contributed by atoms with Crippen molar-refractivity contribution >= 4 is 28.5 Å². The molecule has 0 fully saturated rings. The number of hydrogen-bond donors (Lipinski definition) is 1. The van der Waals surface area contributed by atoms with E-state index in [0.29, 0.717) is 10.7 Å². The first-order chi connectivity index (χ1) is 11.4. The second-order valence-electron chi connectivity index (χ2n) is 5.19. The van der Waals surface area contributed by atoms with Crippen LogP contribution in [0.5, 0.6) is 0 Å². The molecule has 3 rings (SSSR count). The molecule has 0 aliphatic heterocycles. The first-order valence-corrected chi connectivity index (χ1v) is 8.72. The molecule has 8 heteroatoms. The minimum Gasteiger partial charge on any atom is -0.316 e. The number of aromatic amines is 1. The number of ketones is 1. The predicted octanol–water partition coefficient (Wildman–Crippen LogP) is 3.50. The maximum absolute atomic E-state index is 13.6. The Balaban J connectivity index is 1.74. The molecule has 24 heavy (non-hydrogen) atoms. The van der Waals surface area contributed by atoms with Gasteiger partial charge in [0.05, 0.1) is 17.0 Å². The zero-order valence-corrected chi connectivity index (χ0v) is 14.2. The third kappa shape index (κ3) is 3.49. The summed E-state index contributed by atoms with van der Waals surface area (Å²) in [6, 6.07) is 3.52. The van der Waals surface area contributed by atoms with E-state index in [9.17, 15) is 18.4 Å². The number of thiazole rings is 2. The van der Waals surface area contributed by atoms with E-state index in [-0.39, 0.29) is 29.1 Å². The van der Waals surface area contributed by atoms with E-state index in [2.05, 4.69) is 9.97 Å². The molecule has 2 heterocycles. The smallest absolute Gasteiger partial charge is 0.305 e. The highest BCUT2D eigenvalue weighted by atomic mass is 32.1. The standard InChI is InChI=1S/C16H12F2N2O2S2/c1-8-15(24-16(22)19-8)13-7-23-14(20-13)6-9(21)5-10-11(17)3-2-4-12(10)18/h2-4,7H,5-6H2,1H3,(H,19,22). The molecule has 0 saturated carbocycles. The first kappa shape index (κ1) is 16.7. The van der Waals surface area contributed by atoms with Gasteiger partial charge in [0.2, 0.25) is 0 Å². The van der Waals surface area contributed by atoms with Crippen LogP contribution in [0.2, 0.25) is 0 Å². The summed E-state index contributed by atoms with van der Waals surface area (Å²) < 4.78 is 27.2. The lowest BCUT2D eigenvalue weighted by atomic mass is 10.1. The van der Waals surface area contributed by atoms with Crippen LogP contribution in [0, 0.1) is 18.6 Å². The molecule has 1 aromatic carbocycles. The Morgan fingerprint density at radius 2 is 1.96 bits per heavy atom. The molecule has 0 saturated heterocycles. The molecule has 0 unspecified atom stereocenters. The summed E-state index contributed by atoms with van der Waals surface area (Å²) in [6.07, 6.45) is -0.319. The van der Waals surface area contributed by atoms with E-state index >= 15 is 0 Å². The number of carbonyl (C=O) groups excluding carboxylic acids is 1. The normalized spacial score (nSPS) is 11.0. The van der Waals surface area contributed by atoms with Crippen molar-refractivity contribution in [1.29, 1.82) is 0 Å². The topological polar surface area (TPSA) is 62.8 Å². The van der Waals surface area contributed by atoms with Crippen molar-refractivity contribution in [1.82, 2.24) is 9.97 Å². The largest absolute Gasteiger partial charge is 0.316 e. The second kappa shape index (κ2) is 6.74. The fourth-order valence-corrected chi connectivity index (χ4v) is 3.97. The highest BCUT2D eigenvalue weighted by Crippen LogP contribution is 2.27. The Morgan fingerprint density at radius 3 is 2.58 bits per heavy atom. The average Bonchev–Trinajstić information content (AvgIpc) is 3.09. The number of carbonyl (C=O) groups is 1. The van der Waals surface area contributed by atoms with Crippen LogP contribution in [-0.2, 0) is 17.6 Å². The Kier molecular flexibility index (Phi) is 4.68. The Bertz CT molecular complexity index is 939. The van der Waals surface area contributed by atoms with E-state index < -0.39 is 11.6 Å². The number of halogens is 2.